The molecule has 1 atom stereocenters. The van der Waals surface area contributed by atoms with Crippen LogP contribution in [0.15, 0.2) is 36.8 Å². The Morgan fingerprint density at radius 3 is 2.88 bits per heavy atom. The summed E-state index contributed by atoms with van der Waals surface area (Å²) in [5.74, 6) is 2.39. The lowest BCUT2D eigenvalue weighted by Crippen LogP contribution is -2.27. The topological polar surface area (TPSA) is 92.9 Å². The molecule has 1 fully saturated rings. The summed E-state index contributed by atoms with van der Waals surface area (Å²) in [4.78, 5) is 20.8. The number of aromatic nitrogens is 4. The summed E-state index contributed by atoms with van der Waals surface area (Å²) in [7, 11) is 0. The van der Waals surface area contributed by atoms with Crippen molar-refractivity contribution < 1.29 is 0 Å². The van der Waals surface area contributed by atoms with Crippen LogP contribution in [-0.4, -0.2) is 39.1 Å². The molecule has 3 aromatic rings. The summed E-state index contributed by atoms with van der Waals surface area (Å²) in [5, 5.41) is 4.09. The fourth-order valence-electron chi connectivity index (χ4n) is 2.86. The average molecular weight is 353 g/mol. The molecule has 1 aliphatic rings. The number of anilines is 3. The fraction of sp³-hybridized carbons (Fsp3) is 0.294. The summed E-state index contributed by atoms with van der Waals surface area (Å²) in [6.07, 6.45) is 6.41. The van der Waals surface area contributed by atoms with E-state index in [1.807, 2.05) is 31.3 Å². The van der Waals surface area contributed by atoms with Crippen LogP contribution in [0.4, 0.5) is 16.8 Å². The number of pyridine rings is 1. The average Bonchev–Trinajstić information content (AvgIpc) is 3.24. The number of aryl methyl sites for hydroxylation is 1. The molecule has 1 saturated heterocycles. The zero-order chi connectivity index (χ0) is 17.2. The molecular weight excluding hydrogens is 334 g/mol. The van der Waals surface area contributed by atoms with Crippen molar-refractivity contribution in [2.24, 2.45) is 5.73 Å². The molecule has 128 valence electrons. The number of nitrogens with zero attached hydrogens (tertiary/aromatic N) is 5. The maximum atomic E-state index is 6.01. The van der Waals surface area contributed by atoms with Gasteiger partial charge in [-0.2, -0.15) is 0 Å². The van der Waals surface area contributed by atoms with Crippen LogP contribution in [0.5, 0.6) is 0 Å². The largest absolute Gasteiger partial charge is 0.355 e. The standard InChI is InChI=1S/C17H19N7S/c1-11-21-15(8-16(22-11)24-7-4-13(18)10-24)23-17-20-9-14(25-17)12-2-5-19-6-3-12/h2-3,5-6,8-9,13H,4,7,10,18H2,1H3,(H,20,21,22,23)/t13-/m0/s1. The Labute approximate surface area is 150 Å². The van der Waals surface area contributed by atoms with E-state index in [1.165, 1.54) is 0 Å². The van der Waals surface area contributed by atoms with Crippen molar-refractivity contribution in [1.29, 1.82) is 0 Å². The molecule has 3 aromatic heterocycles. The monoisotopic (exact) mass is 353 g/mol. The Bertz CT molecular complexity index is 864. The van der Waals surface area contributed by atoms with Crippen molar-refractivity contribution in [2.75, 3.05) is 23.3 Å². The van der Waals surface area contributed by atoms with Gasteiger partial charge < -0.3 is 16.0 Å². The zero-order valence-corrected chi connectivity index (χ0v) is 14.7. The second-order valence-corrected chi connectivity index (χ2v) is 7.07. The lowest BCUT2D eigenvalue weighted by atomic mass is 10.2. The molecule has 0 bridgehead atoms. The van der Waals surface area contributed by atoms with E-state index in [9.17, 15) is 0 Å². The van der Waals surface area contributed by atoms with Gasteiger partial charge in [-0.25, -0.2) is 15.0 Å². The first kappa shape index (κ1) is 15.9. The van der Waals surface area contributed by atoms with Gasteiger partial charge in [-0.05, 0) is 31.0 Å². The highest BCUT2D eigenvalue weighted by Crippen LogP contribution is 2.30. The van der Waals surface area contributed by atoms with Crippen LogP contribution in [0.3, 0.4) is 0 Å². The fourth-order valence-corrected chi connectivity index (χ4v) is 3.69. The van der Waals surface area contributed by atoms with Crippen LogP contribution in [0, 0.1) is 6.92 Å². The van der Waals surface area contributed by atoms with Gasteiger partial charge in [0.2, 0.25) is 0 Å². The van der Waals surface area contributed by atoms with Gasteiger partial charge >= 0.3 is 0 Å². The predicted octanol–water partition coefficient (Wildman–Crippen LogP) is 2.58. The third kappa shape index (κ3) is 3.59. The Kier molecular flexibility index (Phi) is 4.29. The number of nitrogens with two attached hydrogens (primary N) is 1. The third-order valence-electron chi connectivity index (χ3n) is 4.08. The molecule has 3 N–H and O–H groups in total. The minimum absolute atomic E-state index is 0.216. The summed E-state index contributed by atoms with van der Waals surface area (Å²) < 4.78 is 0. The highest BCUT2D eigenvalue weighted by atomic mass is 32.1. The molecule has 4 rings (SSSR count). The third-order valence-corrected chi connectivity index (χ3v) is 5.04. The van der Waals surface area contributed by atoms with Gasteiger partial charge in [0.05, 0.1) is 4.88 Å². The molecule has 0 amide bonds. The predicted molar refractivity (Wildman–Crippen MR) is 100 cm³/mol. The Balaban J connectivity index is 1.55. The normalized spacial score (nSPS) is 17.0. The summed E-state index contributed by atoms with van der Waals surface area (Å²) in [6.45, 7) is 3.66. The Morgan fingerprint density at radius 2 is 2.12 bits per heavy atom. The molecule has 8 heteroatoms. The first-order chi connectivity index (χ1) is 12.2. The smallest absolute Gasteiger partial charge is 0.188 e. The van der Waals surface area contributed by atoms with Gasteiger partial charge in [-0.1, -0.05) is 11.3 Å². The molecule has 0 aliphatic carbocycles. The second-order valence-electron chi connectivity index (χ2n) is 6.04. The number of hydrogen-bond donors (Lipinski definition) is 2. The molecule has 4 heterocycles. The van der Waals surface area contributed by atoms with Gasteiger partial charge in [0.25, 0.3) is 0 Å². The minimum Gasteiger partial charge on any atom is -0.355 e. The van der Waals surface area contributed by atoms with E-state index in [1.54, 1.807) is 23.7 Å². The number of hydrogen-bond acceptors (Lipinski definition) is 8. The molecule has 7 nitrogen and oxygen atoms in total. The van der Waals surface area contributed by atoms with E-state index in [4.69, 9.17) is 5.73 Å². The molecule has 0 spiro atoms. The van der Waals surface area contributed by atoms with Gasteiger partial charge in [-0.15, -0.1) is 0 Å². The van der Waals surface area contributed by atoms with Gasteiger partial charge in [0.1, 0.15) is 17.5 Å². The van der Waals surface area contributed by atoms with E-state index in [0.29, 0.717) is 0 Å². The second kappa shape index (κ2) is 6.73. The van der Waals surface area contributed by atoms with Crippen LogP contribution in [-0.2, 0) is 0 Å². The minimum atomic E-state index is 0.216. The zero-order valence-electron chi connectivity index (χ0n) is 13.9. The lowest BCUT2D eigenvalue weighted by molar-refractivity contribution is 0.751. The Morgan fingerprint density at radius 1 is 1.28 bits per heavy atom. The van der Waals surface area contributed by atoms with Crippen LogP contribution in [0.1, 0.15) is 12.2 Å². The number of nitrogens with one attached hydrogen (secondary N) is 1. The first-order valence-electron chi connectivity index (χ1n) is 8.17. The maximum Gasteiger partial charge on any atom is 0.188 e. The highest BCUT2D eigenvalue weighted by Gasteiger charge is 2.21. The van der Waals surface area contributed by atoms with Crippen LogP contribution in [0.2, 0.25) is 0 Å². The lowest BCUT2D eigenvalue weighted by Gasteiger charge is -2.18. The van der Waals surface area contributed by atoms with Gasteiger partial charge in [-0.3, -0.25) is 4.98 Å². The van der Waals surface area contributed by atoms with E-state index >= 15 is 0 Å². The molecule has 0 saturated carbocycles. The SMILES string of the molecule is Cc1nc(Nc2ncc(-c3ccncc3)s2)cc(N2CC[C@H](N)C2)n1. The van der Waals surface area contributed by atoms with E-state index < -0.39 is 0 Å². The van der Waals surface area contributed by atoms with Crippen LogP contribution >= 0.6 is 11.3 Å². The van der Waals surface area contributed by atoms with E-state index in [-0.39, 0.29) is 6.04 Å². The van der Waals surface area contributed by atoms with Gasteiger partial charge in [0.15, 0.2) is 5.13 Å². The van der Waals surface area contributed by atoms with Crippen molar-refractivity contribution in [3.63, 3.8) is 0 Å². The van der Waals surface area contributed by atoms with Gasteiger partial charge in [0, 0.05) is 43.8 Å². The Hall–Kier alpha value is -2.58. The van der Waals surface area contributed by atoms with Crippen LogP contribution in [0.25, 0.3) is 10.4 Å². The van der Waals surface area contributed by atoms with Crippen molar-refractivity contribution in [3.05, 3.63) is 42.6 Å². The number of thiazole rings is 1. The molecule has 0 radical (unpaired) electrons. The summed E-state index contributed by atoms with van der Waals surface area (Å²) >= 11 is 1.58. The van der Waals surface area contributed by atoms with Crippen molar-refractivity contribution in [3.8, 4) is 10.4 Å². The maximum absolute atomic E-state index is 6.01. The highest BCUT2D eigenvalue weighted by molar-refractivity contribution is 7.18. The van der Waals surface area contributed by atoms with Crippen molar-refractivity contribution in [2.45, 2.75) is 19.4 Å². The van der Waals surface area contributed by atoms with Crippen molar-refractivity contribution in [1.82, 2.24) is 19.9 Å². The van der Waals surface area contributed by atoms with Crippen LogP contribution < -0.4 is 16.0 Å². The summed E-state index contributed by atoms with van der Waals surface area (Å²) in [5.41, 5.74) is 7.11. The molecule has 1 aliphatic heterocycles. The van der Waals surface area contributed by atoms with E-state index in [0.717, 1.165) is 52.5 Å². The first-order valence-corrected chi connectivity index (χ1v) is 8.98. The quantitative estimate of drug-likeness (QED) is 0.744. The van der Waals surface area contributed by atoms with E-state index in [2.05, 4.69) is 30.2 Å². The number of rotatable bonds is 4. The molecule has 25 heavy (non-hydrogen) atoms. The molecular formula is C17H19N7S. The van der Waals surface area contributed by atoms with Crippen molar-refractivity contribution >= 4 is 28.1 Å². The molecule has 0 unspecified atom stereocenters. The summed E-state index contributed by atoms with van der Waals surface area (Å²) in [6, 6.07) is 6.12. The molecule has 0 aromatic carbocycles.